The van der Waals surface area contributed by atoms with Crippen molar-refractivity contribution >= 4 is 28.6 Å². The van der Waals surface area contributed by atoms with Crippen molar-refractivity contribution in [1.29, 1.82) is 0 Å². The van der Waals surface area contributed by atoms with Crippen LogP contribution in [-0.4, -0.2) is 72.0 Å². The molecule has 0 radical (unpaired) electrons. The van der Waals surface area contributed by atoms with Gasteiger partial charge in [-0.3, -0.25) is 9.59 Å². The first-order valence-electron chi connectivity index (χ1n) is 20.6. The number of carbonyl (C=O) groups is 2. The summed E-state index contributed by atoms with van der Waals surface area (Å²) in [6, 6.07) is 10.9. The number of carbonyl (C=O) groups excluding carboxylic acids is 2. The van der Waals surface area contributed by atoms with Crippen LogP contribution in [0.4, 0.5) is 0 Å². The first kappa shape index (κ1) is 46.4. The standard InChI is InChI=1S/C43H74O9Si2/c1-15-53(16-2,17-3)52-42(13)25-40(22-33(10)34(11)27-47-28-36-18-20-37(46-14)21-19-36)50-43(29-42)26-39(48-35(12)44)23-38(49-43)24-41(45)51-54(30(4)5,31(6)7)32(8)9/h18-21,30-32,34,38-40H,10,15-17,22-29H2,1-9,11-14H3/t34-,38+,39-,40-,42-,43+/m0/s1. The van der Waals surface area contributed by atoms with Crippen molar-refractivity contribution in [3.8, 4) is 5.75 Å². The number of esters is 1. The van der Waals surface area contributed by atoms with Crippen LogP contribution in [0.15, 0.2) is 36.4 Å². The van der Waals surface area contributed by atoms with E-state index in [4.69, 9.17) is 32.5 Å². The molecule has 54 heavy (non-hydrogen) atoms. The van der Waals surface area contributed by atoms with E-state index in [0.717, 1.165) is 35.0 Å². The summed E-state index contributed by atoms with van der Waals surface area (Å²) in [6.45, 7) is 31.1. The molecule has 3 rings (SSSR count). The van der Waals surface area contributed by atoms with Crippen LogP contribution >= 0.6 is 0 Å². The predicted molar refractivity (Wildman–Crippen MR) is 221 cm³/mol. The smallest absolute Gasteiger partial charge is 0.302 e. The second kappa shape index (κ2) is 19.9. The molecule has 2 saturated heterocycles. The van der Waals surface area contributed by atoms with Crippen molar-refractivity contribution in [1.82, 2.24) is 0 Å². The topological polar surface area (TPSA) is 98.8 Å². The molecule has 11 heteroatoms. The highest BCUT2D eigenvalue weighted by molar-refractivity contribution is 6.79. The van der Waals surface area contributed by atoms with Crippen molar-refractivity contribution in [2.24, 2.45) is 5.92 Å². The number of hydrogen-bond acceptors (Lipinski definition) is 9. The average molecular weight is 791 g/mol. The molecule has 1 aromatic carbocycles. The van der Waals surface area contributed by atoms with Gasteiger partial charge in [-0.15, -0.1) is 0 Å². The van der Waals surface area contributed by atoms with Crippen molar-refractivity contribution in [3.63, 3.8) is 0 Å². The quantitative estimate of drug-likeness (QED) is 0.0726. The lowest BCUT2D eigenvalue weighted by Crippen LogP contribution is -2.61. The third-order valence-electron chi connectivity index (χ3n) is 12.2. The highest BCUT2D eigenvalue weighted by Gasteiger charge is 2.56. The van der Waals surface area contributed by atoms with Crippen LogP contribution in [-0.2, 0) is 44.0 Å². The molecule has 2 heterocycles. The lowest BCUT2D eigenvalue weighted by atomic mass is 9.80. The minimum Gasteiger partial charge on any atom is -0.518 e. The van der Waals surface area contributed by atoms with E-state index in [0.29, 0.717) is 45.3 Å². The SMILES string of the molecule is C=C(C[C@H]1C[C@](C)(O[Si](CC)(CC)CC)C[C@@]2(C[C@@H](OC(C)=O)C[C@H](CC(=O)O[Si](C(C)C)(C(C)C)C(C)C)O2)O1)[C@@H](C)COCc1ccc(OC)cc1. The maximum absolute atomic E-state index is 13.9. The molecule has 0 aliphatic carbocycles. The molecule has 2 fully saturated rings. The summed E-state index contributed by atoms with van der Waals surface area (Å²) in [5.74, 6) is -0.824. The fourth-order valence-electron chi connectivity index (χ4n) is 9.42. The van der Waals surface area contributed by atoms with Gasteiger partial charge < -0.3 is 32.5 Å². The van der Waals surface area contributed by atoms with E-state index in [1.54, 1.807) is 7.11 Å². The number of rotatable bonds is 20. The number of hydrogen-bond donors (Lipinski definition) is 0. The molecule has 9 nitrogen and oxygen atoms in total. The summed E-state index contributed by atoms with van der Waals surface area (Å²) >= 11 is 0. The lowest BCUT2D eigenvalue weighted by Gasteiger charge is -2.55. The van der Waals surface area contributed by atoms with Crippen LogP contribution < -0.4 is 4.74 Å². The van der Waals surface area contributed by atoms with Gasteiger partial charge in [-0.25, -0.2) is 0 Å². The zero-order valence-corrected chi connectivity index (χ0v) is 38.0. The molecule has 0 bridgehead atoms. The molecule has 308 valence electrons. The molecule has 1 spiro atoms. The summed E-state index contributed by atoms with van der Waals surface area (Å²) < 4.78 is 45.3. The molecular formula is C43H74O9Si2. The van der Waals surface area contributed by atoms with E-state index in [9.17, 15) is 9.59 Å². The van der Waals surface area contributed by atoms with Gasteiger partial charge in [0.2, 0.25) is 0 Å². The third kappa shape index (κ3) is 12.0. The Labute approximate surface area is 329 Å². The summed E-state index contributed by atoms with van der Waals surface area (Å²) in [5.41, 5.74) is 2.34. The predicted octanol–water partition coefficient (Wildman–Crippen LogP) is 10.7. The van der Waals surface area contributed by atoms with E-state index in [2.05, 4.69) is 82.7 Å². The van der Waals surface area contributed by atoms with Crippen molar-refractivity contribution < 1.29 is 42.1 Å². The fraction of sp³-hybridized carbons (Fsp3) is 0.767. The minimum atomic E-state index is -2.46. The second-order valence-corrected chi connectivity index (χ2v) is 27.4. The highest BCUT2D eigenvalue weighted by Crippen LogP contribution is 2.49. The Balaban J connectivity index is 1.89. The number of benzene rings is 1. The summed E-state index contributed by atoms with van der Waals surface area (Å²) in [4.78, 5) is 26.3. The molecule has 0 unspecified atom stereocenters. The van der Waals surface area contributed by atoms with Gasteiger partial charge in [0.25, 0.3) is 14.3 Å². The largest absolute Gasteiger partial charge is 0.518 e. The molecule has 0 amide bonds. The Morgan fingerprint density at radius 2 is 1.46 bits per heavy atom. The normalized spacial score (nSPS) is 25.6. The molecular weight excluding hydrogens is 717 g/mol. The Bertz CT molecular complexity index is 1330. The Kier molecular flexibility index (Phi) is 17.1. The van der Waals surface area contributed by atoms with Gasteiger partial charge in [-0.05, 0) is 65.8 Å². The van der Waals surface area contributed by atoms with E-state index < -0.39 is 40.2 Å². The van der Waals surface area contributed by atoms with Crippen LogP contribution in [0.3, 0.4) is 0 Å². The third-order valence-corrected chi connectivity index (χ3v) is 23.0. The summed E-state index contributed by atoms with van der Waals surface area (Å²) in [6.07, 6.45) is 1.31. The average Bonchev–Trinajstić information content (AvgIpc) is 3.08. The van der Waals surface area contributed by atoms with Crippen LogP contribution in [0.2, 0.25) is 34.8 Å². The van der Waals surface area contributed by atoms with Crippen LogP contribution in [0.25, 0.3) is 0 Å². The fourth-order valence-corrected chi connectivity index (χ4v) is 17.7. The highest BCUT2D eigenvalue weighted by atomic mass is 28.4. The van der Waals surface area contributed by atoms with Gasteiger partial charge in [-0.2, -0.15) is 0 Å². The molecule has 0 aromatic heterocycles. The Hall–Kier alpha value is -2.03. The maximum atomic E-state index is 13.9. The molecule has 6 atom stereocenters. The van der Waals surface area contributed by atoms with Crippen LogP contribution in [0.1, 0.15) is 127 Å². The van der Waals surface area contributed by atoms with Crippen LogP contribution in [0.5, 0.6) is 5.75 Å². The maximum Gasteiger partial charge on any atom is 0.302 e. The van der Waals surface area contributed by atoms with Gasteiger partial charge in [0, 0.05) is 38.5 Å². The van der Waals surface area contributed by atoms with Crippen LogP contribution in [0, 0.1) is 5.92 Å². The number of methoxy groups -OCH3 is 1. The second-order valence-electron chi connectivity index (χ2n) is 17.4. The van der Waals surface area contributed by atoms with E-state index in [1.807, 2.05) is 24.3 Å². The minimum absolute atomic E-state index is 0.0683. The molecule has 1 aromatic rings. The van der Waals surface area contributed by atoms with E-state index >= 15 is 0 Å². The van der Waals surface area contributed by atoms with Gasteiger partial charge in [0.1, 0.15) is 11.9 Å². The zero-order chi connectivity index (χ0) is 40.5. The molecule has 2 aliphatic rings. The summed E-state index contributed by atoms with van der Waals surface area (Å²) in [7, 11) is -2.87. The monoisotopic (exact) mass is 790 g/mol. The van der Waals surface area contributed by atoms with Crippen molar-refractivity contribution in [3.05, 3.63) is 42.0 Å². The Morgan fingerprint density at radius 3 is 1.98 bits per heavy atom. The van der Waals surface area contributed by atoms with Crippen molar-refractivity contribution in [2.45, 2.75) is 193 Å². The molecule has 0 N–H and O–H groups in total. The van der Waals surface area contributed by atoms with Gasteiger partial charge >= 0.3 is 5.97 Å². The number of ether oxygens (including phenoxy) is 5. The lowest BCUT2D eigenvalue weighted by molar-refractivity contribution is -0.347. The molecule has 0 saturated carbocycles. The van der Waals surface area contributed by atoms with Gasteiger partial charge in [0.05, 0.1) is 44.6 Å². The van der Waals surface area contributed by atoms with Gasteiger partial charge in [0.15, 0.2) is 14.1 Å². The van der Waals surface area contributed by atoms with E-state index in [1.165, 1.54) is 6.92 Å². The van der Waals surface area contributed by atoms with Gasteiger partial charge in [-0.1, -0.05) is 93.5 Å². The first-order chi connectivity index (χ1) is 25.3. The van der Waals surface area contributed by atoms with Crippen molar-refractivity contribution in [2.75, 3.05) is 13.7 Å². The summed E-state index contributed by atoms with van der Waals surface area (Å²) in [5, 5.41) is 0. The molecule has 2 aliphatic heterocycles. The zero-order valence-electron chi connectivity index (χ0n) is 36.0. The Morgan fingerprint density at radius 1 is 0.889 bits per heavy atom. The first-order valence-corrected chi connectivity index (χ1v) is 25.3. The van der Waals surface area contributed by atoms with E-state index in [-0.39, 0.29) is 47.0 Å².